The molecule has 0 spiro atoms. The third kappa shape index (κ3) is 3.49. The summed E-state index contributed by atoms with van der Waals surface area (Å²) in [6.45, 7) is 0.560. The molecule has 0 aliphatic carbocycles. The van der Waals surface area contributed by atoms with Crippen molar-refractivity contribution >= 4 is 12.1 Å². The van der Waals surface area contributed by atoms with Crippen LogP contribution in [0.25, 0.3) is 0 Å². The molecule has 0 saturated carbocycles. The van der Waals surface area contributed by atoms with Crippen LogP contribution in [0, 0.1) is 0 Å². The quantitative estimate of drug-likeness (QED) is 0.700. The Kier molecular flexibility index (Phi) is 5.19. The molecule has 98 valence electrons. The highest BCUT2D eigenvalue weighted by Crippen LogP contribution is 2.23. The van der Waals surface area contributed by atoms with E-state index >= 15 is 0 Å². The van der Waals surface area contributed by atoms with Gasteiger partial charge in [0.25, 0.3) is 5.91 Å². The number of aliphatic imine (C=N–C) groups is 1. The minimum atomic E-state index is -0.494. The molecule has 0 aliphatic heterocycles. The van der Waals surface area contributed by atoms with Crippen molar-refractivity contribution < 1.29 is 14.3 Å². The Balaban J connectivity index is 3.00. The van der Waals surface area contributed by atoms with E-state index in [1.54, 1.807) is 0 Å². The van der Waals surface area contributed by atoms with Gasteiger partial charge in [-0.2, -0.15) is 0 Å². The molecular weight excluding hydrogens is 236 g/mol. The fourth-order valence-electron chi connectivity index (χ4n) is 1.20. The molecule has 18 heavy (non-hydrogen) atoms. The Morgan fingerprint density at radius 2 is 1.89 bits per heavy atom. The van der Waals surface area contributed by atoms with Crippen molar-refractivity contribution in [2.75, 3.05) is 34.9 Å². The van der Waals surface area contributed by atoms with Crippen molar-refractivity contribution in [3.05, 3.63) is 11.9 Å². The van der Waals surface area contributed by atoms with Crippen LogP contribution < -0.4 is 9.47 Å². The van der Waals surface area contributed by atoms with E-state index in [1.807, 2.05) is 19.0 Å². The molecule has 7 heteroatoms. The average molecular weight is 252 g/mol. The number of carbonyl (C=O) groups excluding carboxylic acids is 1. The summed E-state index contributed by atoms with van der Waals surface area (Å²) in [7, 11) is 6.59. The molecule has 0 N–H and O–H groups in total. The normalized spacial score (nSPS) is 10.9. The fourth-order valence-corrected chi connectivity index (χ4v) is 1.20. The first kappa shape index (κ1) is 14.0. The number of ether oxygens (including phenoxy) is 2. The zero-order valence-electron chi connectivity index (χ0n) is 10.9. The third-order valence-electron chi connectivity index (χ3n) is 2.03. The predicted molar refractivity (Wildman–Crippen MR) is 66.5 cm³/mol. The van der Waals surface area contributed by atoms with Crippen LogP contribution >= 0.6 is 0 Å². The van der Waals surface area contributed by atoms with Crippen LogP contribution in [0.4, 0.5) is 0 Å². The van der Waals surface area contributed by atoms with Crippen molar-refractivity contribution in [1.82, 2.24) is 14.9 Å². The Hall–Kier alpha value is -2.02. The van der Waals surface area contributed by atoms with Gasteiger partial charge in [0.2, 0.25) is 11.8 Å². The molecule has 1 heterocycles. The number of methoxy groups -OCH3 is 2. The Bertz CT molecular complexity index is 424. The van der Waals surface area contributed by atoms with Crippen LogP contribution in [0.1, 0.15) is 10.4 Å². The van der Waals surface area contributed by atoms with Gasteiger partial charge >= 0.3 is 0 Å². The summed E-state index contributed by atoms with van der Waals surface area (Å²) >= 11 is 0. The van der Waals surface area contributed by atoms with Gasteiger partial charge in [0.05, 0.1) is 14.2 Å². The molecule has 1 aromatic rings. The first-order chi connectivity index (χ1) is 8.60. The van der Waals surface area contributed by atoms with Crippen LogP contribution in [0.3, 0.4) is 0 Å². The summed E-state index contributed by atoms with van der Waals surface area (Å²) in [6, 6.07) is 0. The summed E-state index contributed by atoms with van der Waals surface area (Å²) in [5.74, 6) is -0.200. The first-order valence-corrected chi connectivity index (χ1v) is 5.24. The van der Waals surface area contributed by atoms with Crippen molar-refractivity contribution in [2.45, 2.75) is 0 Å². The van der Waals surface area contributed by atoms with Gasteiger partial charge in [-0.1, -0.05) is 0 Å². The maximum atomic E-state index is 11.9. The van der Waals surface area contributed by atoms with E-state index in [0.717, 1.165) is 0 Å². The minimum absolute atomic E-state index is 0.123. The van der Waals surface area contributed by atoms with E-state index in [9.17, 15) is 4.79 Å². The molecule has 0 atom stereocenters. The summed E-state index contributed by atoms with van der Waals surface area (Å²) < 4.78 is 10.0. The van der Waals surface area contributed by atoms with Gasteiger partial charge < -0.3 is 14.4 Å². The van der Waals surface area contributed by atoms with Gasteiger partial charge in [0.1, 0.15) is 6.33 Å². The van der Waals surface area contributed by atoms with Crippen molar-refractivity contribution in [3.8, 4) is 11.8 Å². The zero-order chi connectivity index (χ0) is 13.5. The molecule has 0 aromatic carbocycles. The highest BCUT2D eigenvalue weighted by atomic mass is 16.5. The monoisotopic (exact) mass is 252 g/mol. The van der Waals surface area contributed by atoms with Gasteiger partial charge in [-0.25, -0.2) is 15.0 Å². The van der Waals surface area contributed by atoms with E-state index in [1.165, 1.54) is 26.8 Å². The Morgan fingerprint density at radius 3 is 2.33 bits per heavy atom. The highest BCUT2D eigenvalue weighted by molar-refractivity contribution is 6.02. The topological polar surface area (TPSA) is 76.9 Å². The predicted octanol–water partition coefficient (Wildman–Crippen LogP) is 0.266. The molecule has 0 fully saturated rings. The molecule has 1 rings (SSSR count). The number of carbonyl (C=O) groups is 1. The summed E-state index contributed by atoms with van der Waals surface area (Å²) in [5, 5.41) is 0. The smallest absolute Gasteiger partial charge is 0.287 e. The highest BCUT2D eigenvalue weighted by Gasteiger charge is 2.19. The molecule has 0 unspecified atom stereocenters. The lowest BCUT2D eigenvalue weighted by atomic mass is 10.3. The van der Waals surface area contributed by atoms with Crippen molar-refractivity contribution in [3.63, 3.8) is 0 Å². The maximum absolute atomic E-state index is 11.9. The molecule has 0 bridgehead atoms. The summed E-state index contributed by atoms with van der Waals surface area (Å²) in [5.41, 5.74) is 0.123. The minimum Gasteiger partial charge on any atom is -0.480 e. The molecule has 1 amide bonds. The van der Waals surface area contributed by atoms with E-state index < -0.39 is 5.91 Å². The van der Waals surface area contributed by atoms with E-state index in [-0.39, 0.29) is 17.3 Å². The van der Waals surface area contributed by atoms with Crippen LogP contribution in [0.2, 0.25) is 0 Å². The molecule has 0 radical (unpaired) electrons. The lowest BCUT2D eigenvalue weighted by Gasteiger charge is -2.07. The van der Waals surface area contributed by atoms with E-state index in [2.05, 4.69) is 15.0 Å². The second kappa shape index (κ2) is 6.65. The lowest BCUT2D eigenvalue weighted by molar-refractivity contribution is 0.0995. The van der Waals surface area contributed by atoms with Gasteiger partial charge in [-0.3, -0.25) is 4.79 Å². The fraction of sp³-hybridized carbons (Fsp3) is 0.455. The second-order valence-corrected chi connectivity index (χ2v) is 3.65. The maximum Gasteiger partial charge on any atom is 0.287 e. The van der Waals surface area contributed by atoms with E-state index in [0.29, 0.717) is 6.54 Å². The number of rotatable bonds is 5. The van der Waals surface area contributed by atoms with Crippen LogP contribution in [0.5, 0.6) is 11.8 Å². The molecule has 0 saturated heterocycles. The molecule has 7 nitrogen and oxygen atoms in total. The number of aromatic nitrogens is 2. The summed E-state index contributed by atoms with van der Waals surface area (Å²) in [6.07, 6.45) is 2.77. The van der Waals surface area contributed by atoms with Gasteiger partial charge in [-0.15, -0.1) is 0 Å². The van der Waals surface area contributed by atoms with Crippen molar-refractivity contribution in [2.24, 2.45) is 4.99 Å². The van der Waals surface area contributed by atoms with E-state index in [4.69, 9.17) is 9.47 Å². The number of hydrogen-bond donors (Lipinski definition) is 0. The van der Waals surface area contributed by atoms with Crippen LogP contribution in [0.15, 0.2) is 11.3 Å². The van der Waals surface area contributed by atoms with Crippen LogP contribution in [-0.4, -0.2) is 61.8 Å². The van der Waals surface area contributed by atoms with Gasteiger partial charge in [0, 0.05) is 12.8 Å². The third-order valence-corrected chi connectivity index (χ3v) is 2.03. The Labute approximate surface area is 105 Å². The average Bonchev–Trinajstić information content (AvgIpc) is 2.36. The van der Waals surface area contributed by atoms with Gasteiger partial charge in [-0.05, 0) is 14.1 Å². The van der Waals surface area contributed by atoms with Crippen molar-refractivity contribution in [1.29, 1.82) is 0 Å². The largest absolute Gasteiger partial charge is 0.480 e. The second-order valence-electron chi connectivity index (χ2n) is 3.65. The Morgan fingerprint density at radius 1 is 1.33 bits per heavy atom. The standard InChI is InChI=1S/C11H16N4O3/c1-15(2)6-5-12-9(16)8-10(17-3)13-7-14-11(8)18-4/h5,7H,6H2,1-4H3. The number of nitrogens with zero attached hydrogens (tertiary/aromatic N) is 4. The molecular formula is C11H16N4O3. The first-order valence-electron chi connectivity index (χ1n) is 5.24. The van der Waals surface area contributed by atoms with Crippen LogP contribution in [-0.2, 0) is 0 Å². The zero-order valence-corrected chi connectivity index (χ0v) is 10.9. The van der Waals surface area contributed by atoms with Gasteiger partial charge in [0.15, 0.2) is 5.56 Å². The summed E-state index contributed by atoms with van der Waals surface area (Å²) in [4.78, 5) is 25.3. The number of amides is 1. The SMILES string of the molecule is COc1ncnc(OC)c1C(=O)N=CCN(C)C. The molecule has 1 aromatic heterocycles. The lowest BCUT2D eigenvalue weighted by Crippen LogP contribution is -2.15. The number of hydrogen-bond acceptors (Lipinski definition) is 6. The molecule has 0 aliphatic rings.